The molecule has 0 bridgehead atoms. The Bertz CT molecular complexity index is 1270. The van der Waals surface area contributed by atoms with Crippen molar-refractivity contribution in [1.29, 1.82) is 0 Å². The lowest BCUT2D eigenvalue weighted by Crippen LogP contribution is -2.45. The van der Waals surface area contributed by atoms with Crippen LogP contribution in [0.4, 0.5) is 0 Å². The van der Waals surface area contributed by atoms with E-state index >= 15 is 0 Å². The predicted molar refractivity (Wildman–Crippen MR) is 141 cm³/mol. The molecule has 2 aromatic carbocycles. The zero-order valence-electron chi connectivity index (χ0n) is 21.1. The molecule has 1 saturated carbocycles. The van der Waals surface area contributed by atoms with Crippen molar-refractivity contribution in [3.05, 3.63) is 75.9 Å². The molecular formula is C29H33N3O2S. The largest absolute Gasteiger partial charge is 0.350 e. The summed E-state index contributed by atoms with van der Waals surface area (Å²) in [4.78, 5) is 34.1. The summed E-state index contributed by atoms with van der Waals surface area (Å²) in [6.07, 6.45) is 1.13. The van der Waals surface area contributed by atoms with Crippen LogP contribution in [0.15, 0.2) is 48.5 Å². The minimum atomic E-state index is -0.0908. The highest BCUT2D eigenvalue weighted by Gasteiger charge is 2.54. The topological polar surface area (TPSA) is 62.3 Å². The SMILES string of the molecule is Cc1cccc(-c2sc(C)nc2C(=O)N2C[C@H]3CC3[C@H]2CNC(=O)c2ccc(C(C)(C)C)cc2)c1. The molecule has 1 unspecified atom stereocenters. The zero-order chi connectivity index (χ0) is 24.9. The van der Waals surface area contributed by atoms with Crippen LogP contribution in [0.1, 0.15) is 64.2 Å². The summed E-state index contributed by atoms with van der Waals surface area (Å²) >= 11 is 1.57. The average Bonchev–Trinajstić information content (AvgIpc) is 3.33. The van der Waals surface area contributed by atoms with E-state index in [1.165, 1.54) is 5.56 Å². The van der Waals surface area contributed by atoms with E-state index in [0.717, 1.165) is 34.0 Å². The van der Waals surface area contributed by atoms with Crippen LogP contribution in [0.3, 0.4) is 0 Å². The van der Waals surface area contributed by atoms with E-state index < -0.39 is 0 Å². The number of nitrogens with one attached hydrogen (secondary N) is 1. The second-order valence-electron chi connectivity index (χ2n) is 11.0. The normalized spacial score (nSPS) is 21.1. The molecular weight excluding hydrogens is 454 g/mol. The van der Waals surface area contributed by atoms with E-state index in [-0.39, 0.29) is 23.3 Å². The van der Waals surface area contributed by atoms with Crippen LogP contribution in [0.2, 0.25) is 0 Å². The molecule has 2 amide bonds. The summed E-state index contributed by atoms with van der Waals surface area (Å²) in [5.41, 5.74) is 4.63. The first-order valence-electron chi connectivity index (χ1n) is 12.4. The quantitative estimate of drug-likeness (QED) is 0.508. The summed E-state index contributed by atoms with van der Waals surface area (Å²) in [7, 11) is 0. The lowest BCUT2D eigenvalue weighted by atomic mass is 9.87. The van der Waals surface area contributed by atoms with Gasteiger partial charge in [-0.2, -0.15) is 0 Å². The first-order chi connectivity index (χ1) is 16.6. The minimum Gasteiger partial charge on any atom is -0.350 e. The minimum absolute atomic E-state index is 0.0117. The molecule has 1 aliphatic carbocycles. The van der Waals surface area contributed by atoms with E-state index in [4.69, 9.17) is 0 Å². The Balaban J connectivity index is 1.31. The van der Waals surface area contributed by atoms with Crippen molar-refractivity contribution in [2.45, 2.75) is 52.5 Å². The molecule has 1 aliphatic heterocycles. The van der Waals surface area contributed by atoms with Gasteiger partial charge in [-0.1, -0.05) is 62.7 Å². The van der Waals surface area contributed by atoms with Crippen LogP contribution in [-0.4, -0.2) is 40.8 Å². The molecule has 182 valence electrons. The van der Waals surface area contributed by atoms with Crippen molar-refractivity contribution in [2.75, 3.05) is 13.1 Å². The summed E-state index contributed by atoms with van der Waals surface area (Å²) < 4.78 is 0. The Morgan fingerprint density at radius 2 is 1.86 bits per heavy atom. The lowest BCUT2D eigenvalue weighted by Gasteiger charge is -2.27. The van der Waals surface area contributed by atoms with Gasteiger partial charge in [-0.15, -0.1) is 11.3 Å². The third-order valence-electron chi connectivity index (χ3n) is 7.27. The number of amides is 2. The van der Waals surface area contributed by atoms with Gasteiger partial charge >= 0.3 is 0 Å². The van der Waals surface area contributed by atoms with Crippen molar-refractivity contribution in [1.82, 2.24) is 15.2 Å². The number of aromatic nitrogens is 1. The molecule has 3 atom stereocenters. The van der Waals surface area contributed by atoms with Crippen LogP contribution >= 0.6 is 11.3 Å². The van der Waals surface area contributed by atoms with Crippen LogP contribution in [0, 0.1) is 25.7 Å². The lowest BCUT2D eigenvalue weighted by molar-refractivity contribution is 0.0690. The molecule has 2 aliphatic rings. The predicted octanol–water partition coefficient (Wildman–Crippen LogP) is 5.61. The van der Waals surface area contributed by atoms with E-state index in [1.807, 2.05) is 48.2 Å². The molecule has 1 saturated heterocycles. The Morgan fingerprint density at radius 1 is 1.11 bits per heavy atom. The summed E-state index contributed by atoms with van der Waals surface area (Å²) in [6.45, 7) is 11.7. The van der Waals surface area contributed by atoms with Gasteiger partial charge in [-0.3, -0.25) is 9.59 Å². The molecule has 0 spiro atoms. The summed E-state index contributed by atoms with van der Waals surface area (Å²) in [5, 5.41) is 3.99. The summed E-state index contributed by atoms with van der Waals surface area (Å²) in [6, 6.07) is 16.1. The second kappa shape index (κ2) is 8.90. The first-order valence-corrected chi connectivity index (χ1v) is 13.2. The number of benzene rings is 2. The number of carbonyl (C=O) groups is 2. The molecule has 2 heterocycles. The second-order valence-corrected chi connectivity index (χ2v) is 12.2. The van der Waals surface area contributed by atoms with Gasteiger partial charge in [0.15, 0.2) is 0 Å². The Hall–Kier alpha value is -2.99. The molecule has 3 aromatic rings. The third-order valence-corrected chi connectivity index (χ3v) is 8.29. The fourth-order valence-electron chi connectivity index (χ4n) is 5.18. The van der Waals surface area contributed by atoms with Gasteiger partial charge < -0.3 is 10.2 Å². The molecule has 0 radical (unpaired) electrons. The molecule has 1 aromatic heterocycles. The standard InChI is InChI=1S/C29H33N3O2S/c1-17-7-6-8-20(13-17)26-25(31-18(2)35-26)28(34)32-16-21-14-23(21)24(32)15-30-27(33)19-9-11-22(12-10-19)29(3,4)5/h6-13,21,23-24H,14-16H2,1-5H3,(H,30,33)/t21-,23?,24-/m1/s1. The van der Waals surface area contributed by atoms with Gasteiger partial charge in [-0.05, 0) is 60.8 Å². The molecule has 5 rings (SSSR count). The van der Waals surface area contributed by atoms with Crippen molar-refractivity contribution in [3.8, 4) is 10.4 Å². The van der Waals surface area contributed by atoms with E-state index in [1.54, 1.807) is 11.3 Å². The van der Waals surface area contributed by atoms with Gasteiger partial charge in [0.25, 0.3) is 11.8 Å². The Kier molecular flexibility index (Phi) is 6.04. The number of piperidine rings is 1. The maximum absolute atomic E-state index is 13.7. The van der Waals surface area contributed by atoms with Gasteiger partial charge in [0.1, 0.15) is 5.69 Å². The number of rotatable bonds is 5. The van der Waals surface area contributed by atoms with Crippen molar-refractivity contribution >= 4 is 23.2 Å². The number of nitrogens with zero attached hydrogens (tertiary/aromatic N) is 2. The fraction of sp³-hybridized carbons (Fsp3) is 0.414. The number of hydrogen-bond donors (Lipinski definition) is 1. The monoisotopic (exact) mass is 487 g/mol. The maximum Gasteiger partial charge on any atom is 0.274 e. The van der Waals surface area contributed by atoms with E-state index in [9.17, 15) is 9.59 Å². The zero-order valence-corrected chi connectivity index (χ0v) is 21.9. The summed E-state index contributed by atoms with van der Waals surface area (Å²) in [5.74, 6) is 0.887. The van der Waals surface area contributed by atoms with Gasteiger partial charge in [0.05, 0.1) is 15.9 Å². The number of fused-ring (bicyclic) bond motifs is 1. The number of aryl methyl sites for hydroxylation is 2. The van der Waals surface area contributed by atoms with Crippen molar-refractivity contribution in [3.63, 3.8) is 0 Å². The van der Waals surface area contributed by atoms with E-state index in [0.29, 0.717) is 29.6 Å². The van der Waals surface area contributed by atoms with Crippen LogP contribution in [0.25, 0.3) is 10.4 Å². The number of likely N-dealkylation sites (tertiary alicyclic amines) is 1. The number of hydrogen-bond acceptors (Lipinski definition) is 4. The average molecular weight is 488 g/mol. The van der Waals surface area contributed by atoms with E-state index in [2.05, 4.69) is 50.1 Å². The van der Waals surface area contributed by atoms with Crippen molar-refractivity contribution in [2.24, 2.45) is 11.8 Å². The molecule has 5 nitrogen and oxygen atoms in total. The Morgan fingerprint density at radius 3 is 2.54 bits per heavy atom. The highest BCUT2D eigenvalue weighted by molar-refractivity contribution is 7.15. The van der Waals surface area contributed by atoms with Crippen LogP contribution in [-0.2, 0) is 5.41 Å². The van der Waals surface area contributed by atoms with Crippen molar-refractivity contribution < 1.29 is 9.59 Å². The smallest absolute Gasteiger partial charge is 0.274 e. The fourth-order valence-corrected chi connectivity index (χ4v) is 6.08. The molecule has 35 heavy (non-hydrogen) atoms. The Labute approximate surface area is 211 Å². The van der Waals surface area contributed by atoms with Gasteiger partial charge in [-0.25, -0.2) is 4.98 Å². The number of carbonyl (C=O) groups excluding carboxylic acids is 2. The maximum atomic E-state index is 13.7. The van der Waals surface area contributed by atoms with Gasteiger partial charge in [0, 0.05) is 18.7 Å². The highest BCUT2D eigenvalue weighted by atomic mass is 32.1. The first kappa shape index (κ1) is 23.7. The highest BCUT2D eigenvalue weighted by Crippen LogP contribution is 2.50. The molecule has 1 N–H and O–H groups in total. The number of thiazole rings is 1. The third kappa shape index (κ3) is 4.76. The van der Waals surface area contributed by atoms with Gasteiger partial charge in [0.2, 0.25) is 0 Å². The molecule has 6 heteroatoms. The van der Waals surface area contributed by atoms with Crippen LogP contribution < -0.4 is 5.32 Å². The molecule has 2 fully saturated rings. The van der Waals surface area contributed by atoms with Crippen LogP contribution in [0.5, 0.6) is 0 Å².